The molecule has 1 aliphatic heterocycles. The largest absolute Gasteiger partial charge is 0.224 e. The molecule has 62 valence electrons. The molecule has 0 saturated carbocycles. The number of sulfone groups is 1. The Morgan fingerprint density at radius 2 is 1.92 bits per heavy atom. The van der Waals surface area contributed by atoms with Crippen molar-refractivity contribution in [1.82, 2.24) is 0 Å². The highest BCUT2D eigenvalue weighted by molar-refractivity contribution is 7.93. The zero-order chi connectivity index (χ0) is 8.60. The molecule has 2 nitrogen and oxygen atoms in total. The first-order valence-electron chi connectivity index (χ1n) is 3.66. The van der Waals surface area contributed by atoms with Crippen molar-refractivity contribution in [1.29, 1.82) is 0 Å². The van der Waals surface area contributed by atoms with Crippen LogP contribution in [0, 0.1) is 0 Å². The second-order valence-electron chi connectivity index (χ2n) is 2.81. The summed E-state index contributed by atoms with van der Waals surface area (Å²) in [4.78, 5) is 0. The molecular formula is C9H8O2S. The van der Waals surface area contributed by atoms with E-state index >= 15 is 0 Å². The summed E-state index contributed by atoms with van der Waals surface area (Å²) in [7, 11) is -2.98. The molecular weight excluding hydrogens is 172 g/mol. The Hall–Kier alpha value is -1.09. The molecule has 1 aliphatic rings. The van der Waals surface area contributed by atoms with Crippen LogP contribution in [0.1, 0.15) is 11.1 Å². The molecule has 1 aromatic carbocycles. The number of fused-ring (bicyclic) bond motifs is 1. The molecule has 0 N–H and O–H groups in total. The van der Waals surface area contributed by atoms with E-state index in [9.17, 15) is 8.42 Å². The Morgan fingerprint density at radius 1 is 1.17 bits per heavy atom. The molecule has 1 heterocycles. The van der Waals surface area contributed by atoms with Crippen LogP contribution in [-0.2, 0) is 15.6 Å². The summed E-state index contributed by atoms with van der Waals surface area (Å²) in [6, 6.07) is 7.52. The fourth-order valence-corrected chi connectivity index (χ4v) is 2.42. The maximum Gasteiger partial charge on any atom is 0.175 e. The summed E-state index contributed by atoms with van der Waals surface area (Å²) in [5, 5.41) is 1.27. The van der Waals surface area contributed by atoms with E-state index in [0.717, 1.165) is 11.1 Å². The molecule has 3 heteroatoms. The van der Waals surface area contributed by atoms with Gasteiger partial charge in [-0.15, -0.1) is 0 Å². The molecule has 0 saturated heterocycles. The van der Waals surface area contributed by atoms with Crippen molar-refractivity contribution in [2.24, 2.45) is 0 Å². The lowest BCUT2D eigenvalue weighted by Gasteiger charge is -2.09. The Morgan fingerprint density at radius 3 is 2.75 bits per heavy atom. The van der Waals surface area contributed by atoms with Crippen molar-refractivity contribution in [2.45, 2.75) is 5.75 Å². The highest BCUT2D eigenvalue weighted by Crippen LogP contribution is 2.20. The first kappa shape index (κ1) is 7.55. The highest BCUT2D eigenvalue weighted by Gasteiger charge is 2.14. The molecule has 0 atom stereocenters. The van der Waals surface area contributed by atoms with E-state index in [1.807, 2.05) is 24.3 Å². The first-order valence-corrected chi connectivity index (χ1v) is 5.38. The van der Waals surface area contributed by atoms with Gasteiger partial charge in [0.1, 0.15) is 0 Å². The van der Waals surface area contributed by atoms with Crippen molar-refractivity contribution in [3.8, 4) is 0 Å². The maximum atomic E-state index is 11.1. The molecule has 0 aromatic heterocycles. The van der Waals surface area contributed by atoms with Gasteiger partial charge in [0.2, 0.25) is 0 Å². The van der Waals surface area contributed by atoms with E-state index in [1.165, 1.54) is 5.41 Å². The Bertz CT molecular complexity index is 430. The zero-order valence-corrected chi connectivity index (χ0v) is 7.21. The third-order valence-corrected chi connectivity index (χ3v) is 3.13. The van der Waals surface area contributed by atoms with Gasteiger partial charge >= 0.3 is 0 Å². The third-order valence-electron chi connectivity index (χ3n) is 1.87. The van der Waals surface area contributed by atoms with Crippen LogP contribution in [0.5, 0.6) is 0 Å². The van der Waals surface area contributed by atoms with Gasteiger partial charge in [-0.1, -0.05) is 24.3 Å². The minimum Gasteiger partial charge on any atom is -0.224 e. The molecule has 0 amide bonds. The van der Waals surface area contributed by atoms with Gasteiger partial charge in [-0.25, -0.2) is 8.42 Å². The SMILES string of the molecule is O=S1(=O)C=Cc2ccccc2C1. The fraction of sp³-hybridized carbons (Fsp3) is 0.111. The first-order chi connectivity index (χ1) is 5.67. The van der Waals surface area contributed by atoms with Crippen molar-refractivity contribution in [3.63, 3.8) is 0 Å². The highest BCUT2D eigenvalue weighted by atomic mass is 32.2. The van der Waals surface area contributed by atoms with Crippen molar-refractivity contribution in [3.05, 3.63) is 40.8 Å². The van der Waals surface area contributed by atoms with Crippen LogP contribution in [0.15, 0.2) is 29.7 Å². The molecule has 2 rings (SSSR count). The molecule has 0 radical (unpaired) electrons. The van der Waals surface area contributed by atoms with Crippen LogP contribution in [0.25, 0.3) is 6.08 Å². The van der Waals surface area contributed by atoms with Crippen LogP contribution < -0.4 is 0 Å². The van der Waals surface area contributed by atoms with Crippen LogP contribution >= 0.6 is 0 Å². The van der Waals surface area contributed by atoms with Gasteiger partial charge in [0.25, 0.3) is 0 Å². The number of hydrogen-bond acceptors (Lipinski definition) is 2. The van der Waals surface area contributed by atoms with E-state index in [0.29, 0.717) is 0 Å². The van der Waals surface area contributed by atoms with Gasteiger partial charge in [0.05, 0.1) is 5.75 Å². The number of rotatable bonds is 0. The minimum absolute atomic E-state index is 0.139. The Kier molecular flexibility index (Phi) is 1.54. The molecule has 0 fully saturated rings. The lowest BCUT2D eigenvalue weighted by molar-refractivity contribution is 0.603. The summed E-state index contributed by atoms with van der Waals surface area (Å²) in [5.41, 5.74) is 1.90. The summed E-state index contributed by atoms with van der Waals surface area (Å²) >= 11 is 0. The lowest BCUT2D eigenvalue weighted by Crippen LogP contribution is -2.05. The lowest BCUT2D eigenvalue weighted by atomic mass is 10.1. The van der Waals surface area contributed by atoms with Crippen LogP contribution in [0.4, 0.5) is 0 Å². The normalized spacial score (nSPS) is 18.7. The number of benzene rings is 1. The minimum atomic E-state index is -2.98. The van der Waals surface area contributed by atoms with E-state index in [1.54, 1.807) is 6.08 Å². The zero-order valence-electron chi connectivity index (χ0n) is 6.40. The van der Waals surface area contributed by atoms with E-state index in [2.05, 4.69) is 0 Å². The fourth-order valence-electron chi connectivity index (χ4n) is 1.27. The van der Waals surface area contributed by atoms with Gasteiger partial charge < -0.3 is 0 Å². The van der Waals surface area contributed by atoms with Gasteiger partial charge in [-0.05, 0) is 17.2 Å². The predicted octanol–water partition coefficient (Wildman–Crippen LogP) is 1.59. The van der Waals surface area contributed by atoms with Crippen molar-refractivity contribution in [2.75, 3.05) is 0 Å². The van der Waals surface area contributed by atoms with E-state index < -0.39 is 9.84 Å². The Balaban J connectivity index is 2.61. The number of hydrogen-bond donors (Lipinski definition) is 0. The van der Waals surface area contributed by atoms with E-state index in [4.69, 9.17) is 0 Å². The second-order valence-corrected chi connectivity index (χ2v) is 4.70. The average Bonchev–Trinajstić information content (AvgIpc) is 2.02. The van der Waals surface area contributed by atoms with Gasteiger partial charge in [-0.2, -0.15) is 0 Å². The van der Waals surface area contributed by atoms with Crippen molar-refractivity contribution < 1.29 is 8.42 Å². The standard InChI is InChI=1S/C9H8O2S/c10-12(11)6-5-8-3-1-2-4-9(8)7-12/h1-6H,7H2. The quantitative estimate of drug-likeness (QED) is 0.607. The summed E-state index contributed by atoms with van der Waals surface area (Å²) in [5.74, 6) is 0.139. The van der Waals surface area contributed by atoms with Gasteiger partial charge in [-0.3, -0.25) is 0 Å². The topological polar surface area (TPSA) is 34.1 Å². The summed E-state index contributed by atoms with van der Waals surface area (Å²) < 4.78 is 22.3. The molecule has 0 unspecified atom stereocenters. The second kappa shape index (κ2) is 2.45. The van der Waals surface area contributed by atoms with Gasteiger partial charge in [0, 0.05) is 5.41 Å². The molecule has 0 spiro atoms. The summed E-state index contributed by atoms with van der Waals surface area (Å²) in [6.45, 7) is 0. The van der Waals surface area contributed by atoms with E-state index in [-0.39, 0.29) is 5.75 Å². The van der Waals surface area contributed by atoms with Crippen LogP contribution in [0.3, 0.4) is 0 Å². The molecule has 0 bridgehead atoms. The smallest absolute Gasteiger partial charge is 0.175 e. The molecule has 1 aromatic rings. The molecule has 12 heavy (non-hydrogen) atoms. The molecule has 0 aliphatic carbocycles. The third kappa shape index (κ3) is 1.28. The maximum absolute atomic E-state index is 11.1. The monoisotopic (exact) mass is 180 g/mol. The van der Waals surface area contributed by atoms with Gasteiger partial charge in [0.15, 0.2) is 9.84 Å². The Labute approximate surface area is 71.5 Å². The summed E-state index contributed by atoms with van der Waals surface area (Å²) in [6.07, 6.45) is 1.65. The average molecular weight is 180 g/mol. The predicted molar refractivity (Wildman–Crippen MR) is 48.1 cm³/mol. The van der Waals surface area contributed by atoms with Crippen LogP contribution in [0.2, 0.25) is 0 Å². The van der Waals surface area contributed by atoms with Crippen molar-refractivity contribution >= 4 is 15.9 Å². The van der Waals surface area contributed by atoms with Crippen LogP contribution in [-0.4, -0.2) is 8.42 Å².